The van der Waals surface area contributed by atoms with Gasteiger partial charge in [0.25, 0.3) is 10.0 Å². The van der Waals surface area contributed by atoms with Gasteiger partial charge in [-0.1, -0.05) is 13.0 Å². The van der Waals surface area contributed by atoms with Crippen molar-refractivity contribution in [2.45, 2.75) is 24.8 Å². The molecular weight excluding hydrogens is 509 g/mol. The van der Waals surface area contributed by atoms with Crippen molar-refractivity contribution in [2.24, 2.45) is 5.92 Å². The lowest BCUT2D eigenvalue weighted by molar-refractivity contribution is 0.122. The van der Waals surface area contributed by atoms with Gasteiger partial charge in [-0.05, 0) is 54.8 Å². The number of likely N-dealkylation sites (tertiary alicyclic amines) is 1. The Morgan fingerprint density at radius 3 is 2.66 bits per heavy atom. The molecule has 11 heteroatoms. The molecule has 1 aromatic carbocycles. The number of halogens is 1. The van der Waals surface area contributed by atoms with E-state index in [9.17, 15) is 8.42 Å². The number of anilines is 2. The fourth-order valence-corrected chi connectivity index (χ4v) is 6.10. The van der Waals surface area contributed by atoms with Crippen LogP contribution in [-0.4, -0.2) is 69.8 Å². The first kappa shape index (κ1) is 26.3. The van der Waals surface area contributed by atoms with E-state index in [2.05, 4.69) is 26.5 Å². The monoisotopic (exact) mass is 541 g/mol. The fourth-order valence-electron chi connectivity index (χ4n) is 4.91. The largest absolute Gasteiger partial charge is 0.480 e. The Hall–Kier alpha value is -3.28. The normalized spacial score (nSPS) is 18.5. The molecule has 2 aromatic heterocycles. The molecule has 3 aromatic rings. The van der Waals surface area contributed by atoms with Crippen molar-refractivity contribution in [1.82, 2.24) is 14.9 Å². The Kier molecular flexibility index (Phi) is 7.78. The second kappa shape index (κ2) is 11.2. The average Bonchev–Trinajstić information content (AvgIpc) is 3.33. The molecule has 2 aliphatic rings. The van der Waals surface area contributed by atoms with Crippen molar-refractivity contribution in [1.29, 1.82) is 0 Å². The molecule has 0 spiro atoms. The van der Waals surface area contributed by atoms with Gasteiger partial charge in [0.15, 0.2) is 4.90 Å². The summed E-state index contributed by atoms with van der Waals surface area (Å²) in [7, 11) is -2.70. The van der Waals surface area contributed by atoms with Gasteiger partial charge in [0, 0.05) is 37.9 Å². The highest BCUT2D eigenvalue weighted by molar-refractivity contribution is 7.92. The zero-order valence-electron chi connectivity index (χ0n) is 21.6. The molecule has 9 nitrogen and oxygen atoms in total. The van der Waals surface area contributed by atoms with Gasteiger partial charge in [0.1, 0.15) is 5.82 Å². The summed E-state index contributed by atoms with van der Waals surface area (Å²) in [4.78, 5) is 12.7. The lowest BCUT2D eigenvalue weighted by Crippen LogP contribution is -2.36. The van der Waals surface area contributed by atoms with E-state index in [4.69, 9.17) is 9.47 Å². The van der Waals surface area contributed by atoms with Crippen LogP contribution in [0.4, 0.5) is 15.8 Å². The van der Waals surface area contributed by atoms with Crippen LogP contribution in [0.5, 0.6) is 5.88 Å². The Morgan fingerprint density at radius 1 is 1.13 bits per heavy atom. The highest BCUT2D eigenvalue weighted by atomic mass is 32.2. The number of ether oxygens (including phenoxy) is 2. The molecule has 1 N–H and O–H groups in total. The topological polar surface area (TPSA) is 96.9 Å². The van der Waals surface area contributed by atoms with Crippen LogP contribution in [0.25, 0.3) is 11.3 Å². The third kappa shape index (κ3) is 5.90. The Balaban J connectivity index is 1.36. The summed E-state index contributed by atoms with van der Waals surface area (Å²) in [6.07, 6.45) is 4.20. The van der Waals surface area contributed by atoms with Gasteiger partial charge in [-0.2, -0.15) is 0 Å². The number of hydrogen-bond donors (Lipinski definition) is 1. The van der Waals surface area contributed by atoms with E-state index in [1.54, 1.807) is 18.3 Å². The smallest absolute Gasteiger partial charge is 0.267 e. The summed E-state index contributed by atoms with van der Waals surface area (Å²) in [6, 6.07) is 9.71. The maximum absolute atomic E-state index is 15.1. The molecule has 0 amide bonds. The number of nitrogens with one attached hydrogen (secondary N) is 1. The molecule has 1 atom stereocenters. The highest BCUT2D eigenvalue weighted by Crippen LogP contribution is 2.30. The van der Waals surface area contributed by atoms with Crippen molar-refractivity contribution >= 4 is 21.4 Å². The third-order valence-corrected chi connectivity index (χ3v) is 8.27. The van der Waals surface area contributed by atoms with Gasteiger partial charge >= 0.3 is 0 Å². The lowest BCUT2D eigenvalue weighted by atomic mass is 10.1. The maximum atomic E-state index is 15.1. The molecule has 1 unspecified atom stereocenters. The standard InChI is InChI=1S/C27H32FN5O4S/c1-19-6-8-32(17-19)18-20-3-4-23(24(28)13-20)25-14-21(5-7-29-25)31-38(34,35)26-15-22(16-30-27(26)36-2)33-9-11-37-12-10-33/h3-5,7,13-16,19H,6,8-12,17-18H2,1-2H3,(H,29,31). The van der Waals surface area contributed by atoms with E-state index in [0.29, 0.717) is 55.7 Å². The van der Waals surface area contributed by atoms with Gasteiger partial charge in [0.2, 0.25) is 5.88 Å². The van der Waals surface area contributed by atoms with Crippen LogP contribution in [0, 0.1) is 11.7 Å². The maximum Gasteiger partial charge on any atom is 0.267 e. The van der Waals surface area contributed by atoms with E-state index in [-0.39, 0.29) is 16.5 Å². The summed E-state index contributed by atoms with van der Waals surface area (Å²) in [5, 5.41) is 0. The Labute approximate surface area is 222 Å². The quantitative estimate of drug-likeness (QED) is 0.461. The van der Waals surface area contributed by atoms with Gasteiger partial charge in [-0.25, -0.2) is 17.8 Å². The number of sulfonamides is 1. The molecular formula is C27H32FN5O4S. The minimum Gasteiger partial charge on any atom is -0.480 e. The SMILES string of the molecule is COc1ncc(N2CCOCC2)cc1S(=O)(=O)Nc1ccnc(-c2ccc(CN3CCC(C)C3)cc2F)c1. The molecule has 38 heavy (non-hydrogen) atoms. The second-order valence-corrected chi connectivity index (χ2v) is 11.4. The summed E-state index contributed by atoms with van der Waals surface area (Å²) in [6.45, 7) is 7.35. The summed E-state index contributed by atoms with van der Waals surface area (Å²) < 4.78 is 55.1. The van der Waals surface area contributed by atoms with E-state index in [1.807, 2.05) is 11.0 Å². The Morgan fingerprint density at radius 2 is 1.95 bits per heavy atom. The van der Waals surface area contributed by atoms with Crippen LogP contribution in [0.15, 0.2) is 53.7 Å². The molecule has 2 aliphatic heterocycles. The molecule has 2 saturated heterocycles. The molecule has 2 fully saturated rings. The summed E-state index contributed by atoms with van der Waals surface area (Å²) in [5.41, 5.74) is 2.45. The van der Waals surface area contributed by atoms with Crippen LogP contribution in [-0.2, 0) is 21.3 Å². The number of aromatic nitrogens is 2. The number of benzene rings is 1. The van der Waals surface area contributed by atoms with E-state index >= 15 is 4.39 Å². The molecule has 0 saturated carbocycles. The van der Waals surface area contributed by atoms with Gasteiger partial charge < -0.3 is 14.4 Å². The number of methoxy groups -OCH3 is 1. The van der Waals surface area contributed by atoms with Crippen LogP contribution >= 0.6 is 0 Å². The molecule has 0 bridgehead atoms. The van der Waals surface area contributed by atoms with Crippen molar-refractivity contribution in [3.8, 4) is 17.1 Å². The van der Waals surface area contributed by atoms with Crippen LogP contribution < -0.4 is 14.4 Å². The predicted octanol–water partition coefficient (Wildman–Crippen LogP) is 3.77. The van der Waals surface area contributed by atoms with Crippen molar-refractivity contribution < 1.29 is 22.3 Å². The molecule has 202 valence electrons. The van der Waals surface area contributed by atoms with E-state index in [1.165, 1.54) is 31.5 Å². The number of rotatable bonds is 8. The van der Waals surface area contributed by atoms with Crippen LogP contribution in [0.3, 0.4) is 0 Å². The molecule has 5 rings (SSSR count). The first-order valence-electron chi connectivity index (χ1n) is 12.7. The molecule has 4 heterocycles. The zero-order chi connectivity index (χ0) is 26.7. The van der Waals surface area contributed by atoms with Crippen molar-refractivity contribution in [3.05, 3.63) is 60.2 Å². The minimum atomic E-state index is -4.07. The fraction of sp³-hybridized carbons (Fsp3) is 0.407. The van der Waals surface area contributed by atoms with Gasteiger partial charge in [-0.3, -0.25) is 14.6 Å². The molecule has 0 aliphatic carbocycles. The number of morpholine rings is 1. The lowest BCUT2D eigenvalue weighted by Gasteiger charge is -2.29. The number of nitrogens with zero attached hydrogens (tertiary/aromatic N) is 4. The second-order valence-electron chi connectivity index (χ2n) is 9.78. The summed E-state index contributed by atoms with van der Waals surface area (Å²) in [5.74, 6) is 0.247. The molecule has 0 radical (unpaired) electrons. The van der Waals surface area contributed by atoms with Gasteiger partial charge in [0.05, 0.1) is 43.6 Å². The zero-order valence-corrected chi connectivity index (χ0v) is 22.4. The summed E-state index contributed by atoms with van der Waals surface area (Å²) >= 11 is 0. The minimum absolute atomic E-state index is 0.0159. The number of pyridine rings is 2. The average molecular weight is 542 g/mol. The van der Waals surface area contributed by atoms with Crippen molar-refractivity contribution in [2.75, 3.05) is 56.1 Å². The van der Waals surface area contributed by atoms with Gasteiger partial charge in [-0.15, -0.1) is 0 Å². The van der Waals surface area contributed by atoms with Crippen LogP contribution in [0.2, 0.25) is 0 Å². The first-order chi connectivity index (χ1) is 18.3. The predicted molar refractivity (Wildman–Crippen MR) is 143 cm³/mol. The number of hydrogen-bond acceptors (Lipinski definition) is 8. The highest BCUT2D eigenvalue weighted by Gasteiger charge is 2.24. The Bertz CT molecular complexity index is 1400. The van der Waals surface area contributed by atoms with E-state index < -0.39 is 15.8 Å². The third-order valence-electron chi connectivity index (χ3n) is 6.90. The first-order valence-corrected chi connectivity index (χ1v) is 14.2. The van der Waals surface area contributed by atoms with Crippen LogP contribution in [0.1, 0.15) is 18.9 Å². The van der Waals surface area contributed by atoms with Crippen molar-refractivity contribution in [3.63, 3.8) is 0 Å². The van der Waals surface area contributed by atoms with E-state index in [0.717, 1.165) is 25.1 Å².